The van der Waals surface area contributed by atoms with Crippen molar-refractivity contribution in [3.63, 3.8) is 0 Å². The normalized spacial score (nSPS) is 15.8. The van der Waals surface area contributed by atoms with Gasteiger partial charge in [-0.2, -0.15) is 0 Å². The van der Waals surface area contributed by atoms with E-state index in [1.165, 1.54) is 22.5 Å². The lowest BCUT2D eigenvalue weighted by Gasteiger charge is -2.24. The van der Waals surface area contributed by atoms with Crippen LogP contribution in [0.5, 0.6) is 0 Å². The second kappa shape index (κ2) is 9.15. The monoisotopic (exact) mass is 435 g/mol. The molecule has 0 spiro atoms. The number of sulfonamides is 1. The molecule has 8 heteroatoms. The third kappa shape index (κ3) is 4.74. The quantitative estimate of drug-likeness (QED) is 0.722. The van der Waals surface area contributed by atoms with Crippen molar-refractivity contribution in [1.29, 1.82) is 0 Å². The van der Waals surface area contributed by atoms with Crippen molar-refractivity contribution in [1.82, 2.24) is 9.80 Å². The van der Waals surface area contributed by atoms with Crippen LogP contribution in [0.2, 0.25) is 5.02 Å². The highest BCUT2D eigenvalue weighted by Crippen LogP contribution is 2.27. The lowest BCUT2D eigenvalue weighted by atomic mass is 10.2. The Morgan fingerprint density at radius 1 is 1.07 bits per heavy atom. The predicted octanol–water partition coefficient (Wildman–Crippen LogP) is 3.33. The number of amides is 1. The first-order valence-corrected chi connectivity index (χ1v) is 11.5. The van der Waals surface area contributed by atoms with Gasteiger partial charge in [0.2, 0.25) is 0 Å². The lowest BCUT2D eigenvalue weighted by molar-refractivity contribution is 0.0762. The van der Waals surface area contributed by atoms with Gasteiger partial charge in [0, 0.05) is 26.2 Å². The zero-order valence-corrected chi connectivity index (χ0v) is 18.3. The van der Waals surface area contributed by atoms with Gasteiger partial charge in [-0.05, 0) is 57.3 Å². The molecule has 0 aromatic heterocycles. The molecule has 2 aromatic rings. The van der Waals surface area contributed by atoms with Crippen LogP contribution in [0.4, 0.5) is 5.69 Å². The molecule has 1 saturated heterocycles. The van der Waals surface area contributed by atoms with Gasteiger partial charge < -0.3 is 9.80 Å². The number of hydrogen-bond donors (Lipinski definition) is 0. The highest BCUT2D eigenvalue weighted by atomic mass is 35.5. The first-order valence-electron chi connectivity index (χ1n) is 9.69. The van der Waals surface area contributed by atoms with Crippen LogP contribution in [-0.2, 0) is 10.0 Å². The largest absolute Gasteiger partial charge is 0.337 e. The summed E-state index contributed by atoms with van der Waals surface area (Å²) in [6.45, 7) is 4.97. The summed E-state index contributed by atoms with van der Waals surface area (Å²) < 4.78 is 27.9. The fourth-order valence-corrected chi connectivity index (χ4v) is 5.16. The fourth-order valence-electron chi connectivity index (χ4n) is 3.46. The third-order valence-electron chi connectivity index (χ3n) is 5.09. The summed E-state index contributed by atoms with van der Waals surface area (Å²) in [7, 11) is -1.80. The summed E-state index contributed by atoms with van der Waals surface area (Å²) in [5.41, 5.74) is 0.801. The van der Waals surface area contributed by atoms with Crippen molar-refractivity contribution in [3.8, 4) is 0 Å². The third-order valence-corrected chi connectivity index (χ3v) is 7.32. The molecule has 0 radical (unpaired) electrons. The molecule has 1 aliphatic heterocycles. The second-order valence-corrected chi connectivity index (χ2v) is 9.37. The van der Waals surface area contributed by atoms with Crippen LogP contribution in [0.1, 0.15) is 23.7 Å². The van der Waals surface area contributed by atoms with E-state index in [9.17, 15) is 13.2 Å². The van der Waals surface area contributed by atoms with Crippen molar-refractivity contribution in [3.05, 3.63) is 59.1 Å². The van der Waals surface area contributed by atoms with Gasteiger partial charge in [-0.1, -0.05) is 29.8 Å². The topological polar surface area (TPSA) is 60.9 Å². The molecule has 3 rings (SSSR count). The second-order valence-electron chi connectivity index (χ2n) is 7.10. The summed E-state index contributed by atoms with van der Waals surface area (Å²) in [5, 5.41) is 0.259. The number of para-hydroxylation sites is 1. The van der Waals surface area contributed by atoms with Crippen LogP contribution < -0.4 is 4.31 Å². The van der Waals surface area contributed by atoms with E-state index in [0.29, 0.717) is 18.8 Å². The SMILES string of the molecule is CCN(c1ccccc1)S(=O)(=O)c1ccc(Cl)c(C(=O)N2CCCN(C)CC2)c1. The Bertz CT molecular complexity index is 966. The van der Waals surface area contributed by atoms with Gasteiger partial charge in [-0.15, -0.1) is 0 Å². The number of likely N-dealkylation sites (N-methyl/N-ethyl adjacent to an activating group) is 1. The van der Waals surface area contributed by atoms with Crippen LogP contribution in [0.25, 0.3) is 0 Å². The molecule has 29 heavy (non-hydrogen) atoms. The minimum atomic E-state index is -3.83. The maximum Gasteiger partial charge on any atom is 0.264 e. The number of carbonyl (C=O) groups excluding carboxylic acids is 1. The maximum atomic E-state index is 13.3. The molecule has 156 valence electrons. The Morgan fingerprint density at radius 3 is 2.48 bits per heavy atom. The number of rotatable bonds is 5. The fraction of sp³-hybridized carbons (Fsp3) is 0.381. The van der Waals surface area contributed by atoms with Gasteiger partial charge in [0.1, 0.15) is 0 Å². The predicted molar refractivity (Wildman–Crippen MR) is 116 cm³/mol. The van der Waals surface area contributed by atoms with Gasteiger partial charge in [0.25, 0.3) is 15.9 Å². The number of nitrogens with zero attached hydrogens (tertiary/aromatic N) is 3. The molecule has 2 aromatic carbocycles. The van der Waals surface area contributed by atoms with Gasteiger partial charge >= 0.3 is 0 Å². The molecular formula is C21H26ClN3O3S. The van der Waals surface area contributed by atoms with Crippen LogP contribution in [0, 0.1) is 0 Å². The average Bonchev–Trinajstić information content (AvgIpc) is 2.93. The minimum Gasteiger partial charge on any atom is -0.337 e. The van der Waals surface area contributed by atoms with Crippen LogP contribution in [0.15, 0.2) is 53.4 Å². The van der Waals surface area contributed by atoms with E-state index in [1.807, 2.05) is 13.1 Å². The smallest absolute Gasteiger partial charge is 0.264 e. The van der Waals surface area contributed by atoms with E-state index in [0.717, 1.165) is 19.5 Å². The van der Waals surface area contributed by atoms with Gasteiger partial charge in [0.15, 0.2) is 0 Å². The van der Waals surface area contributed by atoms with Gasteiger partial charge in [-0.3, -0.25) is 9.10 Å². The summed E-state index contributed by atoms with van der Waals surface area (Å²) in [4.78, 5) is 17.1. The first-order chi connectivity index (χ1) is 13.8. The zero-order valence-electron chi connectivity index (χ0n) is 16.7. The zero-order chi connectivity index (χ0) is 21.0. The van der Waals surface area contributed by atoms with E-state index < -0.39 is 10.0 Å². The van der Waals surface area contributed by atoms with E-state index in [1.54, 1.807) is 36.1 Å². The van der Waals surface area contributed by atoms with Gasteiger partial charge in [0.05, 0.1) is 21.2 Å². The van der Waals surface area contributed by atoms with Gasteiger partial charge in [-0.25, -0.2) is 8.42 Å². The Kier molecular flexibility index (Phi) is 6.82. The van der Waals surface area contributed by atoms with Crippen LogP contribution in [-0.4, -0.2) is 63.9 Å². The average molecular weight is 436 g/mol. The van der Waals surface area contributed by atoms with E-state index in [-0.39, 0.29) is 27.9 Å². The Hall–Kier alpha value is -2.09. The van der Waals surface area contributed by atoms with E-state index >= 15 is 0 Å². The summed E-state index contributed by atoms with van der Waals surface area (Å²) in [6, 6.07) is 13.3. The maximum absolute atomic E-state index is 13.3. The van der Waals surface area contributed by atoms with Crippen molar-refractivity contribution < 1.29 is 13.2 Å². The summed E-state index contributed by atoms with van der Waals surface area (Å²) in [6.07, 6.45) is 0.871. The molecule has 0 unspecified atom stereocenters. The lowest BCUT2D eigenvalue weighted by Crippen LogP contribution is -2.35. The molecule has 1 fully saturated rings. The highest BCUT2D eigenvalue weighted by Gasteiger charge is 2.27. The summed E-state index contributed by atoms with van der Waals surface area (Å²) >= 11 is 6.29. The number of hydrogen-bond acceptors (Lipinski definition) is 4. The Labute approximate surface area is 177 Å². The number of benzene rings is 2. The Balaban J connectivity index is 1.94. The molecule has 0 aliphatic carbocycles. The number of carbonyl (C=O) groups is 1. The highest BCUT2D eigenvalue weighted by molar-refractivity contribution is 7.92. The molecular weight excluding hydrogens is 410 g/mol. The van der Waals surface area contributed by atoms with Crippen LogP contribution >= 0.6 is 11.6 Å². The molecule has 1 aliphatic rings. The standard InChI is InChI=1S/C21H26ClN3O3S/c1-3-25(17-8-5-4-6-9-17)29(27,28)18-10-11-20(22)19(16-18)21(26)24-13-7-12-23(2)14-15-24/h4-6,8-11,16H,3,7,12-15H2,1-2H3. The first kappa shape index (κ1) is 21.6. The van der Waals surface area contributed by atoms with Crippen molar-refractivity contribution in [2.75, 3.05) is 44.1 Å². The molecule has 1 heterocycles. The van der Waals surface area contributed by atoms with Crippen molar-refractivity contribution in [2.45, 2.75) is 18.2 Å². The summed E-state index contributed by atoms with van der Waals surface area (Å²) in [5.74, 6) is -0.231. The number of anilines is 1. The number of halogens is 1. The molecule has 0 atom stereocenters. The minimum absolute atomic E-state index is 0.0582. The van der Waals surface area contributed by atoms with Crippen LogP contribution in [0.3, 0.4) is 0 Å². The van der Waals surface area contributed by atoms with Crippen molar-refractivity contribution >= 4 is 33.2 Å². The van der Waals surface area contributed by atoms with E-state index in [4.69, 9.17) is 11.6 Å². The molecule has 0 bridgehead atoms. The molecule has 1 amide bonds. The molecule has 0 saturated carbocycles. The Morgan fingerprint density at radius 2 is 1.79 bits per heavy atom. The molecule has 6 nitrogen and oxygen atoms in total. The van der Waals surface area contributed by atoms with Crippen molar-refractivity contribution in [2.24, 2.45) is 0 Å². The molecule has 0 N–H and O–H groups in total. The van der Waals surface area contributed by atoms with E-state index in [2.05, 4.69) is 4.90 Å².